The maximum absolute atomic E-state index is 11.6. The summed E-state index contributed by atoms with van der Waals surface area (Å²) in [5, 5.41) is 4.52. The number of hydrogen-bond acceptors (Lipinski definition) is 3. The number of aromatic nitrogens is 2. The van der Waals surface area contributed by atoms with E-state index in [1.807, 2.05) is 16.0 Å². The maximum atomic E-state index is 11.6. The van der Waals surface area contributed by atoms with Crippen molar-refractivity contribution in [2.45, 2.75) is 12.8 Å². The molecule has 0 bridgehead atoms. The first-order chi connectivity index (χ1) is 10.9. The van der Waals surface area contributed by atoms with Crippen molar-refractivity contribution >= 4 is 33.4 Å². The molecule has 4 aromatic rings. The number of nitrogens with zero attached hydrogens (tertiary/aromatic N) is 2. The Labute approximate surface area is 130 Å². The third kappa shape index (κ3) is 1.45. The summed E-state index contributed by atoms with van der Waals surface area (Å²) >= 11 is 1.55. The molecule has 2 heterocycles. The summed E-state index contributed by atoms with van der Waals surface area (Å²) in [6.45, 7) is 0. The van der Waals surface area contributed by atoms with Gasteiger partial charge in [0.1, 0.15) is 11.4 Å². The molecule has 0 saturated carbocycles. The zero-order valence-corrected chi connectivity index (χ0v) is 12.6. The van der Waals surface area contributed by atoms with Crippen molar-refractivity contribution < 1.29 is 4.79 Å². The van der Waals surface area contributed by atoms with E-state index in [1.165, 1.54) is 21.9 Å². The quantitative estimate of drug-likeness (QED) is 0.522. The molecule has 5 rings (SSSR count). The van der Waals surface area contributed by atoms with Gasteiger partial charge in [0.25, 0.3) is 0 Å². The second-order valence-electron chi connectivity index (χ2n) is 5.63. The lowest BCUT2D eigenvalue weighted by molar-refractivity contribution is 0.111. The predicted octanol–water partition coefficient (Wildman–Crippen LogP) is 4.13. The van der Waals surface area contributed by atoms with Gasteiger partial charge < -0.3 is 0 Å². The summed E-state index contributed by atoms with van der Waals surface area (Å²) < 4.78 is 1.87. The van der Waals surface area contributed by atoms with Gasteiger partial charge in [0.2, 0.25) is 0 Å². The molecule has 2 aromatic heterocycles. The summed E-state index contributed by atoms with van der Waals surface area (Å²) in [4.78, 5) is 17.2. The minimum Gasteiger partial charge on any atom is -0.296 e. The molecule has 2 aromatic carbocycles. The van der Waals surface area contributed by atoms with Gasteiger partial charge in [-0.25, -0.2) is 4.98 Å². The Morgan fingerprint density at radius 2 is 2.00 bits per heavy atom. The van der Waals surface area contributed by atoms with Crippen LogP contribution < -0.4 is 0 Å². The highest BCUT2D eigenvalue weighted by atomic mass is 32.1. The van der Waals surface area contributed by atoms with Crippen LogP contribution in [0.5, 0.6) is 0 Å². The van der Waals surface area contributed by atoms with Crippen LogP contribution in [0.2, 0.25) is 0 Å². The first-order valence-electron chi connectivity index (χ1n) is 7.31. The van der Waals surface area contributed by atoms with Gasteiger partial charge >= 0.3 is 0 Å². The second-order valence-corrected chi connectivity index (χ2v) is 6.50. The molecular formula is C18H12N2OS. The molecule has 4 heteroatoms. The van der Waals surface area contributed by atoms with Gasteiger partial charge in [-0.2, -0.15) is 0 Å². The summed E-state index contributed by atoms with van der Waals surface area (Å²) in [6, 6.07) is 10.8. The average molecular weight is 304 g/mol. The van der Waals surface area contributed by atoms with Crippen molar-refractivity contribution in [2.24, 2.45) is 0 Å². The van der Waals surface area contributed by atoms with Gasteiger partial charge in [0, 0.05) is 17.1 Å². The van der Waals surface area contributed by atoms with Crippen LogP contribution in [0.1, 0.15) is 21.6 Å². The van der Waals surface area contributed by atoms with Crippen LogP contribution in [0, 0.1) is 0 Å². The number of carbonyl (C=O) groups is 1. The van der Waals surface area contributed by atoms with E-state index >= 15 is 0 Å². The predicted molar refractivity (Wildman–Crippen MR) is 88.8 cm³/mol. The third-order valence-corrected chi connectivity index (χ3v) is 5.30. The van der Waals surface area contributed by atoms with Gasteiger partial charge in [-0.3, -0.25) is 9.20 Å². The highest BCUT2D eigenvalue weighted by Gasteiger charge is 2.20. The van der Waals surface area contributed by atoms with Crippen LogP contribution in [0.4, 0.5) is 0 Å². The Bertz CT molecular complexity index is 1050. The van der Waals surface area contributed by atoms with Crippen LogP contribution in [0.15, 0.2) is 41.9 Å². The fourth-order valence-corrected chi connectivity index (χ4v) is 4.29. The van der Waals surface area contributed by atoms with E-state index in [-0.39, 0.29) is 0 Å². The lowest BCUT2D eigenvalue weighted by Gasteiger charge is -2.07. The number of aryl methyl sites for hydroxylation is 2. The first-order valence-corrected chi connectivity index (χ1v) is 8.19. The van der Waals surface area contributed by atoms with E-state index in [9.17, 15) is 4.79 Å². The van der Waals surface area contributed by atoms with Crippen LogP contribution >= 0.6 is 11.3 Å². The Morgan fingerprint density at radius 3 is 2.86 bits per heavy atom. The van der Waals surface area contributed by atoms with Crippen molar-refractivity contribution in [1.29, 1.82) is 0 Å². The molecule has 0 unspecified atom stereocenters. The second kappa shape index (κ2) is 4.27. The lowest BCUT2D eigenvalue weighted by atomic mass is 9.97. The molecule has 1 aliphatic carbocycles. The Hall–Kier alpha value is -2.46. The van der Waals surface area contributed by atoms with Crippen molar-refractivity contribution in [3.8, 4) is 11.3 Å². The number of hydrogen-bond donors (Lipinski definition) is 0. The highest BCUT2D eigenvalue weighted by molar-refractivity contribution is 7.15. The molecule has 0 amide bonds. The molecule has 0 N–H and O–H groups in total. The fourth-order valence-electron chi connectivity index (χ4n) is 3.57. The Balaban J connectivity index is 1.90. The number of imidazole rings is 1. The van der Waals surface area contributed by atoms with Gasteiger partial charge in [0.15, 0.2) is 11.2 Å². The Kier molecular flexibility index (Phi) is 2.35. The van der Waals surface area contributed by atoms with Crippen molar-refractivity contribution in [3.63, 3.8) is 0 Å². The smallest absolute Gasteiger partial charge is 0.194 e. The molecule has 3 nitrogen and oxygen atoms in total. The van der Waals surface area contributed by atoms with Crippen LogP contribution in [0.3, 0.4) is 0 Å². The van der Waals surface area contributed by atoms with Crippen molar-refractivity contribution in [1.82, 2.24) is 9.38 Å². The summed E-state index contributed by atoms with van der Waals surface area (Å²) in [5.41, 5.74) is 5.29. The molecule has 0 atom stereocenters. The van der Waals surface area contributed by atoms with Crippen molar-refractivity contribution in [2.75, 3.05) is 0 Å². The number of benzene rings is 2. The van der Waals surface area contributed by atoms with E-state index in [0.717, 1.165) is 35.3 Å². The minimum atomic E-state index is 0.634. The molecular weight excluding hydrogens is 292 g/mol. The normalized spacial score (nSPS) is 13.3. The number of aldehydes is 1. The topological polar surface area (TPSA) is 34.4 Å². The van der Waals surface area contributed by atoms with Crippen LogP contribution in [-0.4, -0.2) is 15.7 Å². The van der Waals surface area contributed by atoms with E-state index < -0.39 is 0 Å². The molecule has 1 aliphatic rings. The van der Waals surface area contributed by atoms with Crippen LogP contribution in [-0.2, 0) is 12.8 Å². The minimum absolute atomic E-state index is 0.634. The van der Waals surface area contributed by atoms with Gasteiger partial charge in [-0.05, 0) is 34.7 Å². The van der Waals surface area contributed by atoms with Gasteiger partial charge in [0.05, 0.1) is 0 Å². The highest BCUT2D eigenvalue weighted by Crippen LogP contribution is 2.38. The number of rotatable bonds is 2. The van der Waals surface area contributed by atoms with Crippen LogP contribution in [0.25, 0.3) is 27.0 Å². The lowest BCUT2D eigenvalue weighted by Crippen LogP contribution is -1.91. The van der Waals surface area contributed by atoms with Crippen molar-refractivity contribution in [3.05, 3.63) is 58.7 Å². The molecule has 106 valence electrons. The SMILES string of the molecule is O=Cc1c(-c2ccc3c4c(cccc24)CC3)nc2sccn12. The fraction of sp³-hybridized carbons (Fsp3) is 0.111. The molecule has 0 saturated heterocycles. The summed E-state index contributed by atoms with van der Waals surface area (Å²) in [6.07, 6.45) is 5.02. The standard InChI is InChI=1S/C18H12N2OS/c21-10-15-17(19-18-20(15)8-9-22-18)14-7-6-12-5-4-11-2-1-3-13(14)16(11)12/h1-3,6-10H,4-5H2. The maximum Gasteiger partial charge on any atom is 0.194 e. The van der Waals surface area contributed by atoms with Gasteiger partial charge in [-0.1, -0.05) is 30.3 Å². The molecule has 0 fully saturated rings. The summed E-state index contributed by atoms with van der Waals surface area (Å²) in [7, 11) is 0. The molecule has 0 radical (unpaired) electrons. The first kappa shape index (κ1) is 12.1. The molecule has 22 heavy (non-hydrogen) atoms. The largest absolute Gasteiger partial charge is 0.296 e. The number of thiazole rings is 1. The molecule has 0 spiro atoms. The number of fused-ring (bicyclic) bond motifs is 1. The zero-order valence-electron chi connectivity index (χ0n) is 11.7. The van der Waals surface area contributed by atoms with E-state index in [2.05, 4.69) is 30.3 Å². The monoisotopic (exact) mass is 304 g/mol. The summed E-state index contributed by atoms with van der Waals surface area (Å²) in [5.74, 6) is 0. The van der Waals surface area contributed by atoms with E-state index in [4.69, 9.17) is 4.98 Å². The third-order valence-electron chi connectivity index (χ3n) is 4.54. The van der Waals surface area contributed by atoms with Gasteiger partial charge in [-0.15, -0.1) is 11.3 Å². The Morgan fingerprint density at radius 1 is 1.14 bits per heavy atom. The zero-order chi connectivity index (χ0) is 14.7. The molecule has 0 aliphatic heterocycles. The average Bonchev–Trinajstić information content (AvgIpc) is 3.22. The number of carbonyl (C=O) groups excluding carboxylic acids is 1. The van der Waals surface area contributed by atoms with E-state index in [1.54, 1.807) is 11.3 Å². The van der Waals surface area contributed by atoms with E-state index in [0.29, 0.717) is 5.69 Å².